The fourth-order valence-corrected chi connectivity index (χ4v) is 3.98. The monoisotopic (exact) mass is 365 g/mol. The average molecular weight is 365 g/mol. The number of anilines is 1. The number of fused-ring (bicyclic) bond motifs is 1. The molecule has 2 atom stereocenters. The molecule has 1 aliphatic rings. The van der Waals surface area contributed by atoms with Crippen LogP contribution in [0.2, 0.25) is 0 Å². The predicted octanol–water partition coefficient (Wildman–Crippen LogP) is 4.59. The first kappa shape index (κ1) is 17.7. The summed E-state index contributed by atoms with van der Waals surface area (Å²) in [5.41, 5.74) is 2.99. The van der Waals surface area contributed by atoms with E-state index in [1.165, 1.54) is 23.1 Å². The first-order chi connectivity index (χ1) is 13.2. The quantitative estimate of drug-likeness (QED) is 0.619. The van der Waals surface area contributed by atoms with Crippen LogP contribution < -0.4 is 10.6 Å². The van der Waals surface area contributed by atoms with Crippen molar-refractivity contribution in [3.8, 4) is 0 Å². The lowest BCUT2D eigenvalue weighted by atomic mass is 9.83. The van der Waals surface area contributed by atoms with Crippen LogP contribution in [0, 0.1) is 11.7 Å². The molecule has 0 saturated heterocycles. The molecule has 1 fully saturated rings. The number of nitrogens with one attached hydrogen (secondary N) is 3. The number of carbonyl (C=O) groups excluding carboxylic acids is 1. The number of aromatic nitrogens is 1. The van der Waals surface area contributed by atoms with Gasteiger partial charge in [-0.05, 0) is 48.7 Å². The number of aromatic amines is 1. The Kier molecular flexibility index (Phi) is 5.21. The number of rotatable bonds is 5. The summed E-state index contributed by atoms with van der Waals surface area (Å²) >= 11 is 0. The molecule has 27 heavy (non-hydrogen) atoms. The molecule has 4 nitrogen and oxygen atoms in total. The van der Waals surface area contributed by atoms with Gasteiger partial charge >= 0.3 is 0 Å². The van der Waals surface area contributed by atoms with Crippen molar-refractivity contribution in [2.24, 2.45) is 5.92 Å². The van der Waals surface area contributed by atoms with E-state index in [-0.39, 0.29) is 23.7 Å². The maximum atomic E-state index is 13.1. The lowest BCUT2D eigenvalue weighted by Crippen LogP contribution is -2.44. The highest BCUT2D eigenvalue weighted by atomic mass is 19.1. The van der Waals surface area contributed by atoms with Crippen molar-refractivity contribution in [1.29, 1.82) is 0 Å². The smallest absolute Gasteiger partial charge is 0.229 e. The molecule has 1 amide bonds. The van der Waals surface area contributed by atoms with Crippen molar-refractivity contribution < 1.29 is 9.18 Å². The maximum absolute atomic E-state index is 13.1. The molecule has 3 N–H and O–H groups in total. The normalized spacial score (nSPS) is 19.9. The van der Waals surface area contributed by atoms with Crippen molar-refractivity contribution in [3.05, 3.63) is 66.1 Å². The molecule has 4 rings (SSSR count). The number of halogens is 1. The van der Waals surface area contributed by atoms with Gasteiger partial charge in [0.1, 0.15) is 5.82 Å². The molecule has 0 radical (unpaired) electrons. The molecule has 1 saturated carbocycles. The summed E-state index contributed by atoms with van der Waals surface area (Å²) in [5, 5.41) is 7.76. The van der Waals surface area contributed by atoms with E-state index in [0.717, 1.165) is 37.7 Å². The molecule has 5 heteroatoms. The van der Waals surface area contributed by atoms with Crippen LogP contribution in [0.4, 0.5) is 10.1 Å². The van der Waals surface area contributed by atoms with E-state index in [1.54, 1.807) is 12.1 Å². The molecule has 0 aliphatic heterocycles. The van der Waals surface area contributed by atoms with Crippen molar-refractivity contribution in [1.82, 2.24) is 10.3 Å². The highest BCUT2D eigenvalue weighted by Gasteiger charge is 2.30. The minimum absolute atomic E-state index is 0.0118. The summed E-state index contributed by atoms with van der Waals surface area (Å²) in [7, 11) is 0. The molecule has 1 aromatic heterocycles. The van der Waals surface area contributed by atoms with Crippen LogP contribution >= 0.6 is 0 Å². The first-order valence-electron chi connectivity index (χ1n) is 9.55. The fourth-order valence-electron chi connectivity index (χ4n) is 3.98. The van der Waals surface area contributed by atoms with Crippen LogP contribution in [0.25, 0.3) is 10.9 Å². The van der Waals surface area contributed by atoms with Gasteiger partial charge in [0.15, 0.2) is 0 Å². The Morgan fingerprint density at radius 3 is 2.70 bits per heavy atom. The molecule has 2 aromatic carbocycles. The van der Waals surface area contributed by atoms with Gasteiger partial charge in [0.05, 0.1) is 5.92 Å². The van der Waals surface area contributed by atoms with Crippen LogP contribution in [0.1, 0.15) is 31.2 Å². The molecular formula is C22H24FN3O. The minimum atomic E-state index is -0.302. The summed E-state index contributed by atoms with van der Waals surface area (Å²) < 4.78 is 13.1. The lowest BCUT2D eigenvalue weighted by Gasteiger charge is -2.31. The zero-order chi connectivity index (χ0) is 18.6. The molecular weight excluding hydrogens is 341 g/mol. The molecule has 1 aliphatic carbocycles. The highest BCUT2D eigenvalue weighted by Crippen LogP contribution is 2.27. The van der Waals surface area contributed by atoms with Crippen molar-refractivity contribution in [2.45, 2.75) is 38.3 Å². The Hall–Kier alpha value is -2.66. The zero-order valence-corrected chi connectivity index (χ0v) is 15.2. The van der Waals surface area contributed by atoms with Crippen molar-refractivity contribution >= 4 is 22.5 Å². The second-order valence-electron chi connectivity index (χ2n) is 7.23. The third kappa shape index (κ3) is 4.03. The summed E-state index contributed by atoms with van der Waals surface area (Å²) in [4.78, 5) is 16.1. The lowest BCUT2D eigenvalue weighted by molar-refractivity contribution is -0.121. The van der Waals surface area contributed by atoms with Crippen LogP contribution in [0.15, 0.2) is 54.7 Å². The van der Waals surface area contributed by atoms with Crippen LogP contribution in [-0.4, -0.2) is 16.9 Å². The van der Waals surface area contributed by atoms with E-state index in [1.807, 2.05) is 18.3 Å². The SMILES string of the molecule is O=C(Nc1ccc(F)cc1)[C@@H]1CCCC[C@@H]1NCc1c[nH]c2ccccc12. The fraction of sp³-hybridized carbons (Fsp3) is 0.318. The third-order valence-electron chi connectivity index (χ3n) is 5.44. The standard InChI is InChI=1S/C22H24FN3O/c23-16-9-11-17(12-10-16)26-22(27)19-6-2-4-8-21(19)25-14-15-13-24-20-7-3-1-5-18(15)20/h1,3,5,7,9-13,19,21,24-25H,2,4,6,8,14H2,(H,26,27)/t19-,21+/m1/s1. The van der Waals surface area contributed by atoms with Crippen LogP contribution in [-0.2, 0) is 11.3 Å². The second-order valence-corrected chi connectivity index (χ2v) is 7.23. The topological polar surface area (TPSA) is 56.9 Å². The Bertz CT molecular complexity index is 919. The Morgan fingerprint density at radius 2 is 1.85 bits per heavy atom. The second kappa shape index (κ2) is 7.92. The van der Waals surface area contributed by atoms with Gasteiger partial charge in [-0.3, -0.25) is 4.79 Å². The Labute approximate surface area is 158 Å². The Balaban J connectivity index is 1.42. The van der Waals surface area contributed by atoms with Crippen LogP contribution in [0.3, 0.4) is 0 Å². The van der Waals surface area contributed by atoms with Crippen molar-refractivity contribution in [3.63, 3.8) is 0 Å². The van der Waals surface area contributed by atoms with E-state index in [2.05, 4.69) is 27.8 Å². The highest BCUT2D eigenvalue weighted by molar-refractivity contribution is 5.93. The van der Waals surface area contributed by atoms with Crippen molar-refractivity contribution in [2.75, 3.05) is 5.32 Å². The summed E-state index contributed by atoms with van der Waals surface area (Å²) in [6.45, 7) is 0.731. The number of hydrogen-bond acceptors (Lipinski definition) is 2. The summed E-state index contributed by atoms with van der Waals surface area (Å²) in [6, 6.07) is 14.3. The molecule has 3 aromatic rings. The average Bonchev–Trinajstić information content (AvgIpc) is 3.11. The summed E-state index contributed by atoms with van der Waals surface area (Å²) in [5.74, 6) is -0.365. The molecule has 140 valence electrons. The maximum Gasteiger partial charge on any atom is 0.229 e. The Morgan fingerprint density at radius 1 is 1.07 bits per heavy atom. The first-order valence-corrected chi connectivity index (χ1v) is 9.55. The van der Waals surface area contributed by atoms with Gasteiger partial charge < -0.3 is 15.6 Å². The minimum Gasteiger partial charge on any atom is -0.361 e. The van der Waals surface area contributed by atoms with Crippen LogP contribution in [0.5, 0.6) is 0 Å². The van der Waals surface area contributed by atoms with Gasteiger partial charge in [0, 0.05) is 35.4 Å². The van der Waals surface area contributed by atoms with Gasteiger partial charge in [-0.1, -0.05) is 31.0 Å². The zero-order valence-electron chi connectivity index (χ0n) is 15.2. The number of benzene rings is 2. The largest absolute Gasteiger partial charge is 0.361 e. The third-order valence-corrected chi connectivity index (χ3v) is 5.44. The molecule has 0 bridgehead atoms. The predicted molar refractivity (Wildman–Crippen MR) is 106 cm³/mol. The van der Waals surface area contributed by atoms with E-state index < -0.39 is 0 Å². The van der Waals surface area contributed by atoms with E-state index in [9.17, 15) is 9.18 Å². The van der Waals surface area contributed by atoms with E-state index >= 15 is 0 Å². The number of amides is 1. The van der Waals surface area contributed by atoms with E-state index in [0.29, 0.717) is 5.69 Å². The van der Waals surface area contributed by atoms with Gasteiger partial charge in [-0.25, -0.2) is 4.39 Å². The number of carbonyl (C=O) groups is 1. The molecule has 0 unspecified atom stereocenters. The number of hydrogen-bond donors (Lipinski definition) is 3. The number of para-hydroxylation sites is 1. The number of H-pyrrole nitrogens is 1. The molecule has 1 heterocycles. The summed E-state index contributed by atoms with van der Waals surface area (Å²) in [6.07, 6.45) is 6.09. The van der Waals surface area contributed by atoms with E-state index in [4.69, 9.17) is 0 Å². The van der Waals surface area contributed by atoms with Gasteiger partial charge in [0.25, 0.3) is 0 Å². The van der Waals surface area contributed by atoms with Gasteiger partial charge in [-0.15, -0.1) is 0 Å². The molecule has 0 spiro atoms. The van der Waals surface area contributed by atoms with Gasteiger partial charge in [-0.2, -0.15) is 0 Å². The van der Waals surface area contributed by atoms with Gasteiger partial charge in [0.2, 0.25) is 5.91 Å².